The van der Waals surface area contributed by atoms with Gasteiger partial charge < -0.3 is 30.5 Å². The summed E-state index contributed by atoms with van der Waals surface area (Å²) in [6, 6.07) is 20.5. The molecule has 0 saturated carbocycles. The van der Waals surface area contributed by atoms with Gasteiger partial charge >= 0.3 is 6.36 Å². The van der Waals surface area contributed by atoms with E-state index in [4.69, 9.17) is 4.74 Å². The summed E-state index contributed by atoms with van der Waals surface area (Å²) >= 11 is 0. The summed E-state index contributed by atoms with van der Waals surface area (Å²) in [6.45, 7) is 3.90. The summed E-state index contributed by atoms with van der Waals surface area (Å²) in [5, 5.41) is 19.5. The topological polar surface area (TPSA) is 126 Å². The molecule has 0 fully saturated rings. The molecule has 3 aromatic carbocycles. The highest BCUT2D eigenvalue weighted by molar-refractivity contribution is 5.89. The van der Waals surface area contributed by atoms with E-state index in [2.05, 4.69) is 20.7 Å². The van der Waals surface area contributed by atoms with Gasteiger partial charge in [-0.25, -0.2) is 0 Å². The zero-order valence-corrected chi connectivity index (χ0v) is 26.7. The van der Waals surface area contributed by atoms with Crippen molar-refractivity contribution in [3.8, 4) is 11.5 Å². The number of aliphatic hydroxyl groups excluding tert-OH is 1. The SMILES string of the molecule is COc1ccc(OC(F)(F)F)cc1CC(=O)NC(C(=O)NC(Cc1ccccc1)C(O)CCC(=O)NCCc1ccccc1)C(C)C. The van der Waals surface area contributed by atoms with Gasteiger partial charge in [-0.05, 0) is 54.5 Å². The average molecular weight is 658 g/mol. The summed E-state index contributed by atoms with van der Waals surface area (Å²) in [6.07, 6.45) is -5.31. The fourth-order valence-electron chi connectivity index (χ4n) is 5.01. The Morgan fingerprint density at radius 1 is 0.872 bits per heavy atom. The molecule has 0 aliphatic carbocycles. The molecular formula is C35H42F3N3O6. The summed E-state index contributed by atoms with van der Waals surface area (Å²) in [7, 11) is 1.32. The maximum Gasteiger partial charge on any atom is 0.573 e. The molecule has 47 heavy (non-hydrogen) atoms. The first-order valence-electron chi connectivity index (χ1n) is 15.4. The standard InChI is InChI=1S/C35H42F3N3O6/c1-23(2)33(41-32(44)22-26-21-27(47-35(36,37)38)14-16-30(26)46-3)34(45)40-28(20-25-12-8-5-9-13-25)29(42)15-17-31(43)39-19-18-24-10-6-4-7-11-24/h4-14,16,21,23,28-29,33,42H,15,17-20,22H2,1-3H3,(H,39,43)(H,40,45)(H,41,44). The molecule has 3 aromatic rings. The third-order valence-corrected chi connectivity index (χ3v) is 7.44. The number of benzene rings is 3. The van der Waals surface area contributed by atoms with Gasteiger partial charge in [-0.2, -0.15) is 0 Å². The molecule has 0 heterocycles. The van der Waals surface area contributed by atoms with Gasteiger partial charge in [-0.15, -0.1) is 13.2 Å². The monoisotopic (exact) mass is 657 g/mol. The van der Waals surface area contributed by atoms with Gasteiger partial charge in [0, 0.05) is 18.5 Å². The van der Waals surface area contributed by atoms with E-state index < -0.39 is 42.1 Å². The van der Waals surface area contributed by atoms with Gasteiger partial charge in [0.05, 0.1) is 25.7 Å². The van der Waals surface area contributed by atoms with Gasteiger partial charge in [0.15, 0.2) is 0 Å². The highest BCUT2D eigenvalue weighted by Crippen LogP contribution is 2.29. The Labute approximate surface area is 272 Å². The van der Waals surface area contributed by atoms with Gasteiger partial charge in [-0.3, -0.25) is 14.4 Å². The Balaban J connectivity index is 1.65. The highest BCUT2D eigenvalue weighted by atomic mass is 19.4. The molecule has 3 rings (SSSR count). The molecular weight excluding hydrogens is 615 g/mol. The van der Waals surface area contributed by atoms with Crippen LogP contribution in [-0.4, -0.2) is 61.0 Å². The minimum absolute atomic E-state index is 0.0421. The lowest BCUT2D eigenvalue weighted by molar-refractivity contribution is -0.274. The van der Waals surface area contributed by atoms with Crippen LogP contribution >= 0.6 is 0 Å². The van der Waals surface area contributed by atoms with Crippen LogP contribution in [0.3, 0.4) is 0 Å². The molecule has 3 atom stereocenters. The predicted molar refractivity (Wildman–Crippen MR) is 171 cm³/mol. The average Bonchev–Trinajstić information content (AvgIpc) is 3.02. The fraction of sp³-hybridized carbons (Fsp3) is 0.400. The van der Waals surface area contributed by atoms with Crippen LogP contribution in [0.1, 0.15) is 43.4 Å². The molecule has 4 N–H and O–H groups in total. The van der Waals surface area contributed by atoms with Crippen molar-refractivity contribution in [3.63, 3.8) is 0 Å². The van der Waals surface area contributed by atoms with Crippen LogP contribution in [0.2, 0.25) is 0 Å². The molecule has 12 heteroatoms. The lowest BCUT2D eigenvalue weighted by Crippen LogP contribution is -2.55. The van der Waals surface area contributed by atoms with Crippen molar-refractivity contribution in [1.82, 2.24) is 16.0 Å². The summed E-state index contributed by atoms with van der Waals surface area (Å²) in [5.41, 5.74) is 2.07. The van der Waals surface area contributed by atoms with Crippen LogP contribution in [0.15, 0.2) is 78.9 Å². The van der Waals surface area contributed by atoms with E-state index in [-0.39, 0.29) is 48.8 Å². The largest absolute Gasteiger partial charge is 0.573 e. The van der Waals surface area contributed by atoms with Crippen molar-refractivity contribution in [3.05, 3.63) is 95.6 Å². The van der Waals surface area contributed by atoms with E-state index >= 15 is 0 Å². The van der Waals surface area contributed by atoms with Crippen LogP contribution in [0, 0.1) is 5.92 Å². The molecule has 3 unspecified atom stereocenters. The first-order valence-corrected chi connectivity index (χ1v) is 15.4. The van der Waals surface area contributed by atoms with Gasteiger partial charge in [0.2, 0.25) is 17.7 Å². The second kappa shape index (κ2) is 17.9. The Hall–Kier alpha value is -4.58. The predicted octanol–water partition coefficient (Wildman–Crippen LogP) is 4.50. The third-order valence-electron chi connectivity index (χ3n) is 7.44. The van der Waals surface area contributed by atoms with Crippen LogP contribution < -0.4 is 25.4 Å². The van der Waals surface area contributed by atoms with Gasteiger partial charge in [0.25, 0.3) is 0 Å². The first-order chi connectivity index (χ1) is 22.3. The molecule has 0 aliphatic rings. The smallest absolute Gasteiger partial charge is 0.496 e. The second-order valence-electron chi connectivity index (χ2n) is 11.5. The van der Waals surface area contributed by atoms with Crippen LogP contribution in [0.5, 0.6) is 11.5 Å². The number of carbonyl (C=O) groups excluding carboxylic acids is 3. The number of nitrogens with one attached hydrogen (secondary N) is 3. The number of ether oxygens (including phenoxy) is 2. The summed E-state index contributed by atoms with van der Waals surface area (Å²) in [4.78, 5) is 39.1. The van der Waals surface area contributed by atoms with Crippen molar-refractivity contribution in [2.75, 3.05) is 13.7 Å². The number of rotatable bonds is 17. The number of amides is 3. The number of hydrogen-bond donors (Lipinski definition) is 4. The highest BCUT2D eigenvalue weighted by Gasteiger charge is 2.32. The number of carbonyl (C=O) groups is 3. The Morgan fingerprint density at radius 3 is 2.11 bits per heavy atom. The van der Waals surface area contributed by atoms with Crippen molar-refractivity contribution in [2.45, 2.75) is 70.5 Å². The number of aliphatic hydroxyl groups is 1. The summed E-state index contributed by atoms with van der Waals surface area (Å²) in [5.74, 6) is -2.13. The minimum atomic E-state index is -4.91. The van der Waals surface area contributed by atoms with E-state index in [0.717, 1.165) is 23.3 Å². The normalized spacial score (nSPS) is 13.3. The third kappa shape index (κ3) is 13.0. The number of alkyl halides is 3. The zero-order chi connectivity index (χ0) is 34.4. The Morgan fingerprint density at radius 2 is 1.51 bits per heavy atom. The first kappa shape index (κ1) is 36.9. The second-order valence-corrected chi connectivity index (χ2v) is 11.5. The van der Waals surface area contributed by atoms with Gasteiger partial charge in [0.1, 0.15) is 17.5 Å². The lowest BCUT2D eigenvalue weighted by atomic mass is 9.96. The molecule has 9 nitrogen and oxygen atoms in total. The van der Waals surface area contributed by atoms with E-state index in [9.17, 15) is 32.7 Å². The van der Waals surface area contributed by atoms with E-state index in [1.807, 2.05) is 60.7 Å². The molecule has 0 saturated heterocycles. The summed E-state index contributed by atoms with van der Waals surface area (Å²) < 4.78 is 47.4. The van der Waals surface area contributed by atoms with Crippen LogP contribution in [0.25, 0.3) is 0 Å². The van der Waals surface area contributed by atoms with Crippen LogP contribution in [0.4, 0.5) is 13.2 Å². The zero-order valence-electron chi connectivity index (χ0n) is 26.7. The number of halogens is 3. The molecule has 0 aromatic heterocycles. The van der Waals surface area contributed by atoms with E-state index in [0.29, 0.717) is 13.0 Å². The molecule has 0 spiro atoms. The van der Waals surface area contributed by atoms with E-state index in [1.165, 1.54) is 13.2 Å². The molecule has 0 aliphatic heterocycles. The quantitative estimate of drug-likeness (QED) is 0.169. The molecule has 0 radical (unpaired) electrons. The number of methoxy groups -OCH3 is 1. The maximum atomic E-state index is 13.5. The lowest BCUT2D eigenvalue weighted by Gasteiger charge is -2.28. The van der Waals surface area contributed by atoms with Gasteiger partial charge in [-0.1, -0.05) is 74.5 Å². The van der Waals surface area contributed by atoms with E-state index in [1.54, 1.807) is 13.8 Å². The molecule has 0 bridgehead atoms. The fourth-order valence-corrected chi connectivity index (χ4v) is 5.01. The van der Waals surface area contributed by atoms with Crippen molar-refractivity contribution < 1.29 is 42.1 Å². The maximum absolute atomic E-state index is 13.5. The van der Waals surface area contributed by atoms with Crippen molar-refractivity contribution in [1.29, 1.82) is 0 Å². The molecule has 3 amide bonds. The molecule has 254 valence electrons. The van der Waals surface area contributed by atoms with Crippen LogP contribution in [-0.2, 0) is 33.6 Å². The van der Waals surface area contributed by atoms with Crippen molar-refractivity contribution >= 4 is 17.7 Å². The minimum Gasteiger partial charge on any atom is -0.496 e. The Bertz CT molecular complexity index is 1440. The number of hydrogen-bond acceptors (Lipinski definition) is 6. The van der Waals surface area contributed by atoms with Crippen molar-refractivity contribution in [2.24, 2.45) is 5.92 Å². The Kier molecular flexibility index (Phi) is 14.1.